The van der Waals surface area contributed by atoms with E-state index in [9.17, 15) is 4.39 Å². The van der Waals surface area contributed by atoms with Crippen molar-refractivity contribution >= 4 is 5.96 Å². The summed E-state index contributed by atoms with van der Waals surface area (Å²) in [6.07, 6.45) is 6.70. The maximum atomic E-state index is 13.2. The van der Waals surface area contributed by atoms with Crippen LogP contribution in [0.15, 0.2) is 29.3 Å². The molecule has 1 aliphatic carbocycles. The van der Waals surface area contributed by atoms with Crippen LogP contribution in [0.4, 0.5) is 4.39 Å². The molecule has 0 radical (unpaired) electrons. The van der Waals surface area contributed by atoms with E-state index >= 15 is 0 Å². The second kappa shape index (κ2) is 10.4. The van der Waals surface area contributed by atoms with Gasteiger partial charge in [-0.1, -0.05) is 18.6 Å². The van der Waals surface area contributed by atoms with Crippen LogP contribution in [0.1, 0.15) is 44.6 Å². The van der Waals surface area contributed by atoms with E-state index in [0.29, 0.717) is 5.41 Å². The average molecular weight is 349 g/mol. The molecule has 1 aromatic rings. The topological polar surface area (TPSA) is 45.7 Å². The van der Waals surface area contributed by atoms with Crippen molar-refractivity contribution in [2.45, 2.75) is 45.4 Å². The molecule has 1 fully saturated rings. The van der Waals surface area contributed by atoms with Crippen LogP contribution in [0, 0.1) is 11.2 Å². The predicted octanol–water partition coefficient (Wildman–Crippen LogP) is 3.52. The fraction of sp³-hybridized carbons (Fsp3) is 0.650. The van der Waals surface area contributed by atoms with Gasteiger partial charge in [0.25, 0.3) is 0 Å². The number of methoxy groups -OCH3 is 1. The van der Waals surface area contributed by atoms with Gasteiger partial charge in [0.1, 0.15) is 5.82 Å². The van der Waals surface area contributed by atoms with Gasteiger partial charge < -0.3 is 15.4 Å². The van der Waals surface area contributed by atoms with Gasteiger partial charge in [-0.2, -0.15) is 0 Å². The lowest BCUT2D eigenvalue weighted by Gasteiger charge is -2.40. The minimum absolute atomic E-state index is 0.165. The molecule has 0 unspecified atom stereocenters. The molecule has 5 heteroatoms. The highest BCUT2D eigenvalue weighted by Crippen LogP contribution is 2.44. The fourth-order valence-electron chi connectivity index (χ4n) is 3.26. The minimum Gasteiger partial charge on any atom is -0.385 e. The Balaban J connectivity index is 1.77. The molecule has 0 bridgehead atoms. The first-order valence-corrected chi connectivity index (χ1v) is 9.43. The third kappa shape index (κ3) is 6.65. The van der Waals surface area contributed by atoms with Crippen molar-refractivity contribution in [3.05, 3.63) is 35.6 Å². The Morgan fingerprint density at radius 2 is 2.16 bits per heavy atom. The van der Waals surface area contributed by atoms with Crippen molar-refractivity contribution in [2.24, 2.45) is 10.4 Å². The van der Waals surface area contributed by atoms with Gasteiger partial charge in [0.15, 0.2) is 5.96 Å². The molecule has 140 valence electrons. The van der Waals surface area contributed by atoms with E-state index < -0.39 is 0 Å². The van der Waals surface area contributed by atoms with Crippen LogP contribution in [0.25, 0.3) is 0 Å². The summed E-state index contributed by atoms with van der Waals surface area (Å²) >= 11 is 0. The maximum absolute atomic E-state index is 13.2. The number of hydrogen-bond acceptors (Lipinski definition) is 2. The van der Waals surface area contributed by atoms with E-state index in [1.165, 1.54) is 25.3 Å². The molecule has 0 spiro atoms. The summed E-state index contributed by atoms with van der Waals surface area (Å²) in [6.45, 7) is 5.42. The largest absolute Gasteiger partial charge is 0.385 e. The van der Waals surface area contributed by atoms with Crippen LogP contribution in [-0.4, -0.2) is 39.3 Å². The van der Waals surface area contributed by atoms with Crippen LogP contribution in [-0.2, 0) is 11.2 Å². The summed E-state index contributed by atoms with van der Waals surface area (Å²) in [4.78, 5) is 4.80. The third-order valence-electron chi connectivity index (χ3n) is 4.99. The first kappa shape index (κ1) is 19.7. The molecule has 0 amide bonds. The zero-order chi connectivity index (χ0) is 18.0. The molecular formula is C20H32FN3O. The Labute approximate surface area is 151 Å². The summed E-state index contributed by atoms with van der Waals surface area (Å²) in [5.74, 6) is 0.715. The summed E-state index contributed by atoms with van der Waals surface area (Å²) in [5, 5.41) is 6.71. The molecule has 1 saturated carbocycles. The zero-order valence-corrected chi connectivity index (χ0v) is 15.6. The smallest absolute Gasteiger partial charge is 0.191 e. The fourth-order valence-corrected chi connectivity index (χ4v) is 3.26. The lowest BCUT2D eigenvalue weighted by atomic mass is 9.67. The monoisotopic (exact) mass is 349 g/mol. The second-order valence-electron chi connectivity index (χ2n) is 6.95. The van der Waals surface area contributed by atoms with Crippen molar-refractivity contribution in [3.8, 4) is 0 Å². The molecule has 2 rings (SSSR count). The number of ether oxygens (including phenoxy) is 1. The third-order valence-corrected chi connectivity index (χ3v) is 4.99. The van der Waals surface area contributed by atoms with Crippen molar-refractivity contribution < 1.29 is 9.13 Å². The molecule has 0 heterocycles. The molecule has 0 aliphatic heterocycles. The number of hydrogen-bond donors (Lipinski definition) is 2. The first-order chi connectivity index (χ1) is 12.2. The minimum atomic E-state index is -0.165. The lowest BCUT2D eigenvalue weighted by molar-refractivity contribution is 0.0778. The quantitative estimate of drug-likeness (QED) is 0.386. The normalized spacial score (nSPS) is 16.4. The van der Waals surface area contributed by atoms with Crippen molar-refractivity contribution in [2.75, 3.05) is 33.4 Å². The number of rotatable bonds is 10. The van der Waals surface area contributed by atoms with Crippen molar-refractivity contribution in [1.82, 2.24) is 10.6 Å². The summed E-state index contributed by atoms with van der Waals surface area (Å²) < 4.78 is 18.4. The zero-order valence-electron chi connectivity index (χ0n) is 15.6. The molecule has 25 heavy (non-hydrogen) atoms. The summed E-state index contributed by atoms with van der Waals surface area (Å²) in [6, 6.07) is 6.83. The molecule has 4 nitrogen and oxygen atoms in total. The van der Waals surface area contributed by atoms with E-state index in [0.717, 1.165) is 57.0 Å². The Bertz CT molecular complexity index is 543. The van der Waals surface area contributed by atoms with Gasteiger partial charge in [-0.05, 0) is 62.1 Å². The van der Waals surface area contributed by atoms with Crippen LogP contribution < -0.4 is 10.6 Å². The highest BCUT2D eigenvalue weighted by Gasteiger charge is 2.36. The summed E-state index contributed by atoms with van der Waals surface area (Å²) in [5.41, 5.74) is 1.37. The van der Waals surface area contributed by atoms with Crippen LogP contribution >= 0.6 is 0 Å². The number of benzene rings is 1. The van der Waals surface area contributed by atoms with E-state index in [-0.39, 0.29) is 5.82 Å². The first-order valence-electron chi connectivity index (χ1n) is 9.43. The van der Waals surface area contributed by atoms with Crippen LogP contribution in [0.5, 0.6) is 0 Å². The number of halogens is 1. The lowest BCUT2D eigenvalue weighted by Crippen LogP contribution is -2.40. The van der Waals surface area contributed by atoms with E-state index in [1.807, 2.05) is 6.07 Å². The van der Waals surface area contributed by atoms with Gasteiger partial charge in [0, 0.05) is 33.4 Å². The Morgan fingerprint density at radius 3 is 2.80 bits per heavy atom. The van der Waals surface area contributed by atoms with E-state index in [4.69, 9.17) is 9.73 Å². The van der Waals surface area contributed by atoms with Gasteiger partial charge in [0.2, 0.25) is 0 Å². The molecule has 1 aromatic carbocycles. The standard InChI is InChI=1S/C20H32FN3O/c1-3-22-19(24-16-20(10-6-11-20)12-14-25-2)23-13-5-8-17-7-4-9-18(21)15-17/h4,7,9,15H,3,5-6,8,10-14,16H2,1-2H3,(H2,22,23,24). The predicted molar refractivity (Wildman–Crippen MR) is 101 cm³/mol. The molecule has 0 atom stereocenters. The van der Waals surface area contributed by atoms with E-state index in [2.05, 4.69) is 17.6 Å². The SMILES string of the molecule is CCNC(=NCC1(CCOC)CCC1)NCCCc1cccc(F)c1. The van der Waals surface area contributed by atoms with Gasteiger partial charge >= 0.3 is 0 Å². The number of aryl methyl sites for hydroxylation is 1. The Kier molecular flexibility index (Phi) is 8.19. The number of guanidine groups is 1. The number of aliphatic imine (C=N–C) groups is 1. The number of nitrogens with one attached hydrogen (secondary N) is 2. The van der Waals surface area contributed by atoms with Crippen LogP contribution in [0.2, 0.25) is 0 Å². The average Bonchev–Trinajstić information content (AvgIpc) is 2.57. The van der Waals surface area contributed by atoms with Gasteiger partial charge in [0.05, 0.1) is 0 Å². The number of nitrogens with zero attached hydrogens (tertiary/aromatic N) is 1. The van der Waals surface area contributed by atoms with Crippen molar-refractivity contribution in [3.63, 3.8) is 0 Å². The van der Waals surface area contributed by atoms with Crippen LogP contribution in [0.3, 0.4) is 0 Å². The van der Waals surface area contributed by atoms with Gasteiger partial charge in [-0.15, -0.1) is 0 Å². The highest BCUT2D eigenvalue weighted by atomic mass is 19.1. The second-order valence-corrected chi connectivity index (χ2v) is 6.95. The van der Waals surface area contributed by atoms with Crippen molar-refractivity contribution in [1.29, 1.82) is 0 Å². The highest BCUT2D eigenvalue weighted by molar-refractivity contribution is 5.79. The molecule has 0 aromatic heterocycles. The summed E-state index contributed by atoms with van der Waals surface area (Å²) in [7, 11) is 1.76. The van der Waals surface area contributed by atoms with Gasteiger partial charge in [-0.3, -0.25) is 4.99 Å². The Hall–Kier alpha value is -1.62. The molecular weight excluding hydrogens is 317 g/mol. The molecule has 2 N–H and O–H groups in total. The molecule has 1 aliphatic rings. The van der Waals surface area contributed by atoms with Gasteiger partial charge in [-0.25, -0.2) is 4.39 Å². The van der Waals surface area contributed by atoms with E-state index in [1.54, 1.807) is 19.2 Å². The maximum Gasteiger partial charge on any atom is 0.191 e. The molecule has 0 saturated heterocycles. The Morgan fingerprint density at radius 1 is 1.32 bits per heavy atom.